The topological polar surface area (TPSA) is 29.3 Å². The summed E-state index contributed by atoms with van der Waals surface area (Å²) in [6.45, 7) is 5.64. The molecule has 1 fully saturated rings. The second-order valence-electron chi connectivity index (χ2n) is 4.87. The van der Waals surface area contributed by atoms with Gasteiger partial charge in [0.05, 0.1) is 0 Å². The van der Waals surface area contributed by atoms with Crippen LogP contribution in [0.15, 0.2) is 24.3 Å². The Labute approximate surface area is 98.4 Å². The zero-order valence-electron chi connectivity index (χ0n) is 10.2. The highest BCUT2D eigenvalue weighted by Crippen LogP contribution is 2.15. The van der Waals surface area contributed by atoms with Gasteiger partial charge in [0.1, 0.15) is 0 Å². The van der Waals surface area contributed by atoms with E-state index in [9.17, 15) is 0 Å². The molecule has 1 atom stereocenters. The maximum absolute atomic E-state index is 5.84. The van der Waals surface area contributed by atoms with Crippen molar-refractivity contribution in [1.29, 1.82) is 0 Å². The lowest BCUT2D eigenvalue weighted by atomic mass is 10.1. The van der Waals surface area contributed by atoms with Crippen LogP contribution in [0, 0.1) is 0 Å². The molecule has 2 N–H and O–H groups in total. The van der Waals surface area contributed by atoms with E-state index in [0.717, 1.165) is 6.54 Å². The summed E-state index contributed by atoms with van der Waals surface area (Å²) >= 11 is 0. The Hall–Kier alpha value is -0.860. The van der Waals surface area contributed by atoms with Gasteiger partial charge in [0.15, 0.2) is 0 Å². The van der Waals surface area contributed by atoms with Crippen molar-refractivity contribution in [3.63, 3.8) is 0 Å². The Morgan fingerprint density at radius 3 is 2.31 bits per heavy atom. The Bertz CT molecular complexity index is 310. The van der Waals surface area contributed by atoms with E-state index >= 15 is 0 Å². The molecule has 0 bridgehead atoms. The highest BCUT2D eigenvalue weighted by atomic mass is 15.1. The van der Waals surface area contributed by atoms with E-state index in [1.54, 1.807) is 0 Å². The molecule has 1 aliphatic heterocycles. The molecule has 2 rings (SSSR count). The maximum atomic E-state index is 5.84. The van der Waals surface area contributed by atoms with Gasteiger partial charge >= 0.3 is 0 Å². The first-order valence-electron chi connectivity index (χ1n) is 6.32. The molecule has 2 nitrogen and oxygen atoms in total. The fourth-order valence-corrected chi connectivity index (χ4v) is 2.30. The van der Waals surface area contributed by atoms with Crippen LogP contribution in [0.3, 0.4) is 0 Å². The molecular weight excluding hydrogens is 196 g/mol. The maximum Gasteiger partial charge on any atom is 0.0266 e. The van der Waals surface area contributed by atoms with Crippen LogP contribution in [-0.2, 0) is 6.54 Å². The van der Waals surface area contributed by atoms with Crippen molar-refractivity contribution >= 4 is 0 Å². The van der Waals surface area contributed by atoms with Crippen molar-refractivity contribution in [1.82, 2.24) is 4.90 Å². The van der Waals surface area contributed by atoms with E-state index in [-0.39, 0.29) is 6.04 Å². The lowest BCUT2D eigenvalue weighted by Gasteiger charge is -2.26. The minimum absolute atomic E-state index is 0.143. The number of hydrogen-bond donors (Lipinski definition) is 1. The standard InChI is InChI=1S/C14H22N2/c1-12(15)14-7-5-13(6-8-14)11-16-9-3-2-4-10-16/h5-8,12H,2-4,9-11,15H2,1H3/t12-/m0/s1. The molecule has 0 unspecified atom stereocenters. The third-order valence-electron chi connectivity index (χ3n) is 3.36. The van der Waals surface area contributed by atoms with Crippen LogP contribution in [0.2, 0.25) is 0 Å². The summed E-state index contributed by atoms with van der Waals surface area (Å²) < 4.78 is 0. The minimum Gasteiger partial charge on any atom is -0.324 e. The van der Waals surface area contributed by atoms with Crippen molar-refractivity contribution in [3.05, 3.63) is 35.4 Å². The number of piperidine rings is 1. The molecule has 16 heavy (non-hydrogen) atoms. The van der Waals surface area contributed by atoms with Crippen LogP contribution in [0.1, 0.15) is 43.4 Å². The second kappa shape index (κ2) is 5.46. The molecule has 1 saturated heterocycles. The van der Waals surface area contributed by atoms with E-state index in [1.165, 1.54) is 43.5 Å². The average Bonchev–Trinajstić information content (AvgIpc) is 2.31. The van der Waals surface area contributed by atoms with Crippen molar-refractivity contribution in [2.24, 2.45) is 5.73 Å². The first kappa shape index (κ1) is 11.6. The van der Waals surface area contributed by atoms with E-state index in [4.69, 9.17) is 5.73 Å². The fraction of sp³-hybridized carbons (Fsp3) is 0.571. The number of nitrogens with two attached hydrogens (primary N) is 1. The van der Waals surface area contributed by atoms with Gasteiger partial charge in [-0.25, -0.2) is 0 Å². The summed E-state index contributed by atoms with van der Waals surface area (Å²) in [6, 6.07) is 8.89. The van der Waals surface area contributed by atoms with Gasteiger partial charge in [-0.1, -0.05) is 30.7 Å². The predicted molar refractivity (Wildman–Crippen MR) is 68.2 cm³/mol. The molecular formula is C14H22N2. The Morgan fingerprint density at radius 2 is 1.75 bits per heavy atom. The average molecular weight is 218 g/mol. The van der Waals surface area contributed by atoms with Crippen molar-refractivity contribution in [2.45, 2.75) is 38.8 Å². The van der Waals surface area contributed by atoms with Crippen LogP contribution in [0.4, 0.5) is 0 Å². The van der Waals surface area contributed by atoms with E-state index in [1.807, 2.05) is 6.92 Å². The highest BCUT2D eigenvalue weighted by Gasteiger charge is 2.10. The number of benzene rings is 1. The third-order valence-corrected chi connectivity index (χ3v) is 3.36. The summed E-state index contributed by atoms with van der Waals surface area (Å²) in [7, 11) is 0. The van der Waals surface area contributed by atoms with Gasteiger partial charge < -0.3 is 5.73 Å². The molecule has 0 radical (unpaired) electrons. The Morgan fingerprint density at radius 1 is 1.12 bits per heavy atom. The van der Waals surface area contributed by atoms with Gasteiger partial charge in [0.2, 0.25) is 0 Å². The minimum atomic E-state index is 0.143. The van der Waals surface area contributed by atoms with Gasteiger partial charge in [0.25, 0.3) is 0 Å². The van der Waals surface area contributed by atoms with E-state index in [2.05, 4.69) is 29.2 Å². The summed E-state index contributed by atoms with van der Waals surface area (Å²) in [5.41, 5.74) is 8.47. The predicted octanol–water partition coefficient (Wildman–Crippen LogP) is 2.69. The van der Waals surface area contributed by atoms with Crippen molar-refractivity contribution in [3.8, 4) is 0 Å². The third kappa shape index (κ3) is 3.06. The SMILES string of the molecule is C[C@H](N)c1ccc(CN2CCCCC2)cc1. The zero-order chi connectivity index (χ0) is 11.4. The molecule has 0 aliphatic carbocycles. The van der Waals surface area contributed by atoms with Crippen LogP contribution in [0.25, 0.3) is 0 Å². The van der Waals surface area contributed by atoms with Crippen LogP contribution in [-0.4, -0.2) is 18.0 Å². The van der Waals surface area contributed by atoms with Gasteiger partial charge in [-0.3, -0.25) is 4.90 Å². The Kier molecular flexibility index (Phi) is 3.97. The summed E-state index contributed by atoms with van der Waals surface area (Å²) in [5.74, 6) is 0. The number of nitrogens with zero attached hydrogens (tertiary/aromatic N) is 1. The molecule has 1 aromatic carbocycles. The lowest BCUT2D eigenvalue weighted by molar-refractivity contribution is 0.221. The zero-order valence-corrected chi connectivity index (χ0v) is 10.2. The smallest absolute Gasteiger partial charge is 0.0266 e. The molecule has 1 heterocycles. The van der Waals surface area contributed by atoms with Crippen molar-refractivity contribution < 1.29 is 0 Å². The molecule has 0 spiro atoms. The fourth-order valence-electron chi connectivity index (χ4n) is 2.30. The van der Waals surface area contributed by atoms with Crippen LogP contribution < -0.4 is 5.73 Å². The quantitative estimate of drug-likeness (QED) is 0.845. The number of hydrogen-bond acceptors (Lipinski definition) is 2. The van der Waals surface area contributed by atoms with Crippen LogP contribution in [0.5, 0.6) is 0 Å². The van der Waals surface area contributed by atoms with Crippen molar-refractivity contribution in [2.75, 3.05) is 13.1 Å². The molecule has 88 valence electrons. The second-order valence-corrected chi connectivity index (χ2v) is 4.87. The first-order chi connectivity index (χ1) is 7.75. The molecule has 2 heteroatoms. The normalized spacial score (nSPS) is 19.6. The van der Waals surface area contributed by atoms with Gasteiger partial charge in [-0.05, 0) is 44.0 Å². The van der Waals surface area contributed by atoms with Gasteiger partial charge in [0, 0.05) is 12.6 Å². The largest absolute Gasteiger partial charge is 0.324 e. The number of rotatable bonds is 3. The summed E-state index contributed by atoms with van der Waals surface area (Å²) in [5, 5.41) is 0. The Balaban J connectivity index is 1.93. The van der Waals surface area contributed by atoms with E-state index < -0.39 is 0 Å². The molecule has 1 aromatic rings. The lowest BCUT2D eigenvalue weighted by Crippen LogP contribution is -2.29. The molecule has 1 aliphatic rings. The van der Waals surface area contributed by atoms with E-state index in [0.29, 0.717) is 0 Å². The van der Waals surface area contributed by atoms with Crippen LogP contribution >= 0.6 is 0 Å². The first-order valence-corrected chi connectivity index (χ1v) is 6.32. The monoisotopic (exact) mass is 218 g/mol. The number of likely N-dealkylation sites (tertiary alicyclic amines) is 1. The van der Waals surface area contributed by atoms with Gasteiger partial charge in [-0.2, -0.15) is 0 Å². The van der Waals surface area contributed by atoms with Gasteiger partial charge in [-0.15, -0.1) is 0 Å². The highest BCUT2D eigenvalue weighted by molar-refractivity contribution is 5.24. The summed E-state index contributed by atoms with van der Waals surface area (Å²) in [4.78, 5) is 2.55. The summed E-state index contributed by atoms with van der Waals surface area (Å²) in [6.07, 6.45) is 4.12. The molecule has 0 amide bonds. The molecule has 0 saturated carbocycles. The molecule has 0 aromatic heterocycles.